The van der Waals surface area contributed by atoms with Crippen LogP contribution >= 0.6 is 7.60 Å². The van der Waals surface area contributed by atoms with Crippen LogP contribution in [0.4, 0.5) is 15.4 Å². The number of anilines is 1. The second-order valence-corrected chi connectivity index (χ2v) is 9.28. The molecule has 0 bridgehead atoms. The summed E-state index contributed by atoms with van der Waals surface area (Å²) in [5.74, 6) is 0.212. The van der Waals surface area contributed by atoms with E-state index in [0.717, 1.165) is 0 Å². The van der Waals surface area contributed by atoms with Crippen molar-refractivity contribution in [2.24, 2.45) is 0 Å². The van der Waals surface area contributed by atoms with Crippen molar-refractivity contribution < 1.29 is 47.3 Å². The molecule has 0 radical (unpaired) electrons. The number of nitrogens with two attached hydrogens (primary N) is 1. The summed E-state index contributed by atoms with van der Waals surface area (Å²) in [6.45, 7) is 5.78. The number of carbonyl (C=O) groups is 2. The molecule has 0 spiro atoms. The number of rotatable bonds is 11. The molecular formula is C18H28N5O10P. The monoisotopic (exact) mass is 505 g/mol. The first kappa shape index (κ1) is 27.2. The van der Waals surface area contributed by atoms with Crippen molar-refractivity contribution in [1.29, 1.82) is 0 Å². The first-order valence-corrected chi connectivity index (χ1v) is 11.9. The molecule has 0 aromatic carbocycles. The van der Waals surface area contributed by atoms with Crippen LogP contribution in [-0.2, 0) is 39.3 Å². The lowest BCUT2D eigenvalue weighted by Crippen LogP contribution is -2.30. The molecule has 2 rings (SSSR count). The van der Waals surface area contributed by atoms with E-state index in [-0.39, 0.29) is 12.4 Å². The van der Waals surface area contributed by atoms with Gasteiger partial charge in [-0.1, -0.05) is 0 Å². The first-order chi connectivity index (χ1) is 15.9. The van der Waals surface area contributed by atoms with Crippen molar-refractivity contribution in [2.45, 2.75) is 66.0 Å². The standard InChI is InChI=1S/C18H28N5O10P/c1-10(2)29-16(24)31-18(32-17(25)30-11(3)4)33-34(26,27)9-28-12(5)6-23-8-22-13-14(19)20-7-21-15(13)23/h7-8,10-12,18H,6,9H2,1-5H3,(H,26,27)(H2,19,20,21). The molecule has 0 saturated heterocycles. The van der Waals surface area contributed by atoms with Crippen LogP contribution in [0.1, 0.15) is 34.6 Å². The van der Waals surface area contributed by atoms with Crippen LogP contribution in [0, 0.1) is 0 Å². The van der Waals surface area contributed by atoms with Gasteiger partial charge in [-0.05, 0) is 34.6 Å². The maximum absolute atomic E-state index is 12.5. The summed E-state index contributed by atoms with van der Waals surface area (Å²) in [6, 6.07) is 0. The van der Waals surface area contributed by atoms with E-state index in [2.05, 4.69) is 24.4 Å². The molecule has 2 atom stereocenters. The molecule has 0 saturated carbocycles. The molecule has 2 aromatic heterocycles. The van der Waals surface area contributed by atoms with E-state index in [4.69, 9.17) is 24.5 Å². The quantitative estimate of drug-likeness (QED) is 0.256. The predicted molar refractivity (Wildman–Crippen MR) is 115 cm³/mol. The lowest BCUT2D eigenvalue weighted by Gasteiger charge is -2.22. The lowest BCUT2D eigenvalue weighted by atomic mass is 10.4. The van der Waals surface area contributed by atoms with E-state index in [9.17, 15) is 19.0 Å². The van der Waals surface area contributed by atoms with Gasteiger partial charge in [-0.3, -0.25) is 4.57 Å². The van der Waals surface area contributed by atoms with Gasteiger partial charge in [-0.2, -0.15) is 0 Å². The minimum atomic E-state index is -4.59. The Kier molecular flexibility index (Phi) is 9.55. The Balaban J connectivity index is 1.98. The van der Waals surface area contributed by atoms with E-state index < -0.39 is 51.0 Å². The minimum Gasteiger partial charge on any atom is -0.431 e. The normalized spacial score (nSPS) is 14.3. The lowest BCUT2D eigenvalue weighted by molar-refractivity contribution is -0.209. The Labute approximate surface area is 195 Å². The highest BCUT2D eigenvalue weighted by atomic mass is 31.2. The number of carbonyl (C=O) groups excluding carboxylic acids is 2. The molecule has 0 fully saturated rings. The Morgan fingerprint density at radius 2 is 1.62 bits per heavy atom. The topological polar surface area (TPSA) is 196 Å². The van der Waals surface area contributed by atoms with Crippen LogP contribution in [0.3, 0.4) is 0 Å². The molecule has 0 aliphatic heterocycles. The SMILES string of the molecule is CC(C)OC(=O)OC(OC(=O)OC(C)C)OP(=O)(O)COC(C)Cn1cnc2c(N)ncnc21. The number of imidazole rings is 1. The van der Waals surface area contributed by atoms with Crippen LogP contribution in [0.2, 0.25) is 0 Å². The molecule has 2 unspecified atom stereocenters. The molecule has 190 valence electrons. The molecule has 3 N–H and O–H groups in total. The van der Waals surface area contributed by atoms with Gasteiger partial charge in [-0.25, -0.2) is 29.1 Å². The van der Waals surface area contributed by atoms with Crippen LogP contribution in [-0.4, -0.2) is 67.9 Å². The molecular weight excluding hydrogens is 477 g/mol. The van der Waals surface area contributed by atoms with Crippen LogP contribution < -0.4 is 5.73 Å². The van der Waals surface area contributed by atoms with E-state index >= 15 is 0 Å². The minimum absolute atomic E-state index is 0.199. The third-order valence-electron chi connectivity index (χ3n) is 3.71. The van der Waals surface area contributed by atoms with Crippen molar-refractivity contribution in [3.05, 3.63) is 12.7 Å². The van der Waals surface area contributed by atoms with E-state index in [1.54, 1.807) is 39.2 Å². The Hall–Kier alpha value is -3.00. The molecule has 2 heterocycles. The Morgan fingerprint density at radius 3 is 2.18 bits per heavy atom. The fraction of sp³-hybridized carbons (Fsp3) is 0.611. The predicted octanol–water partition coefficient (Wildman–Crippen LogP) is 2.38. The molecule has 15 nitrogen and oxygen atoms in total. The van der Waals surface area contributed by atoms with Crippen molar-refractivity contribution in [1.82, 2.24) is 19.5 Å². The molecule has 2 aromatic rings. The average molecular weight is 505 g/mol. The van der Waals surface area contributed by atoms with Crippen molar-refractivity contribution in [2.75, 3.05) is 12.1 Å². The summed E-state index contributed by atoms with van der Waals surface area (Å²) >= 11 is 0. The first-order valence-electron chi connectivity index (χ1n) is 10.1. The number of nitrogens with zero attached hydrogens (tertiary/aromatic N) is 4. The second kappa shape index (κ2) is 11.9. The third kappa shape index (κ3) is 8.74. The number of nitrogen functional groups attached to an aromatic ring is 1. The van der Waals surface area contributed by atoms with E-state index in [1.807, 2.05) is 0 Å². The third-order valence-corrected chi connectivity index (χ3v) is 4.68. The summed E-state index contributed by atoms with van der Waals surface area (Å²) in [4.78, 5) is 45.7. The van der Waals surface area contributed by atoms with Gasteiger partial charge < -0.3 is 38.9 Å². The molecule has 0 amide bonds. The van der Waals surface area contributed by atoms with Gasteiger partial charge in [-0.15, -0.1) is 0 Å². The van der Waals surface area contributed by atoms with Gasteiger partial charge in [0, 0.05) is 0 Å². The summed E-state index contributed by atoms with van der Waals surface area (Å²) in [7, 11) is -4.59. The summed E-state index contributed by atoms with van der Waals surface area (Å²) < 4.78 is 43.1. The number of hydrogen-bond donors (Lipinski definition) is 2. The molecule has 34 heavy (non-hydrogen) atoms. The largest absolute Gasteiger partial charge is 0.513 e. The molecule has 16 heteroatoms. The van der Waals surface area contributed by atoms with E-state index in [0.29, 0.717) is 11.2 Å². The van der Waals surface area contributed by atoms with Crippen molar-refractivity contribution in [3.63, 3.8) is 0 Å². The summed E-state index contributed by atoms with van der Waals surface area (Å²) in [5.41, 5.74) is 6.62. The zero-order valence-corrected chi connectivity index (χ0v) is 20.2. The Bertz CT molecular complexity index is 1010. The Morgan fingerprint density at radius 1 is 1.03 bits per heavy atom. The zero-order chi connectivity index (χ0) is 25.5. The second-order valence-electron chi connectivity index (χ2n) is 7.53. The van der Waals surface area contributed by atoms with Crippen molar-refractivity contribution >= 4 is 36.9 Å². The summed E-state index contributed by atoms with van der Waals surface area (Å²) in [6.07, 6.45) is -2.40. The van der Waals surface area contributed by atoms with Gasteiger partial charge in [0.15, 0.2) is 11.5 Å². The van der Waals surface area contributed by atoms with Gasteiger partial charge in [0.2, 0.25) is 0 Å². The highest BCUT2D eigenvalue weighted by Crippen LogP contribution is 2.44. The number of fused-ring (bicyclic) bond motifs is 1. The highest BCUT2D eigenvalue weighted by molar-refractivity contribution is 7.52. The van der Waals surface area contributed by atoms with Gasteiger partial charge in [0.05, 0.1) is 31.2 Å². The van der Waals surface area contributed by atoms with Crippen LogP contribution in [0.5, 0.6) is 0 Å². The smallest absolute Gasteiger partial charge is 0.431 e. The maximum atomic E-state index is 12.5. The average Bonchev–Trinajstić information content (AvgIpc) is 3.09. The maximum Gasteiger partial charge on any atom is 0.513 e. The van der Waals surface area contributed by atoms with Gasteiger partial charge >= 0.3 is 26.4 Å². The highest BCUT2D eigenvalue weighted by Gasteiger charge is 2.33. The summed E-state index contributed by atoms with van der Waals surface area (Å²) in [5, 5.41) is 0. The number of ether oxygens (including phenoxy) is 5. The fourth-order valence-electron chi connectivity index (χ4n) is 2.41. The number of hydrogen-bond acceptors (Lipinski definition) is 13. The number of aromatic nitrogens is 4. The van der Waals surface area contributed by atoms with E-state index in [1.165, 1.54) is 12.7 Å². The zero-order valence-electron chi connectivity index (χ0n) is 19.3. The van der Waals surface area contributed by atoms with Crippen LogP contribution in [0.15, 0.2) is 12.7 Å². The fourth-order valence-corrected chi connectivity index (χ4v) is 3.27. The van der Waals surface area contributed by atoms with Gasteiger partial charge in [0.1, 0.15) is 18.2 Å². The molecule has 0 aliphatic rings. The van der Waals surface area contributed by atoms with Crippen molar-refractivity contribution in [3.8, 4) is 0 Å². The molecule has 0 aliphatic carbocycles. The van der Waals surface area contributed by atoms with Crippen LogP contribution in [0.25, 0.3) is 11.2 Å². The van der Waals surface area contributed by atoms with Gasteiger partial charge in [0.25, 0.3) is 0 Å².